The molecule has 1 atom stereocenters. The molecule has 22 heavy (non-hydrogen) atoms. The van der Waals surface area contributed by atoms with Crippen LogP contribution < -0.4 is 0 Å². The lowest BCUT2D eigenvalue weighted by Gasteiger charge is -2.07. The van der Waals surface area contributed by atoms with Gasteiger partial charge in [-0.25, -0.2) is 0 Å². The highest BCUT2D eigenvalue weighted by atomic mass is 16.3. The Bertz CT molecular complexity index is 271. The number of allylic oxidation sites excluding steroid dienone is 1. The van der Waals surface area contributed by atoms with Gasteiger partial charge in [-0.2, -0.15) is 0 Å². The van der Waals surface area contributed by atoms with Crippen LogP contribution in [0, 0.1) is 6.92 Å². The topological polar surface area (TPSA) is 37.3 Å². The van der Waals surface area contributed by atoms with Crippen molar-refractivity contribution in [3.8, 4) is 0 Å². The average molecular weight is 310 g/mol. The molecule has 2 nitrogen and oxygen atoms in total. The fourth-order valence-electron chi connectivity index (χ4n) is 2.57. The van der Waals surface area contributed by atoms with Gasteiger partial charge < -0.3 is 9.90 Å². The Morgan fingerprint density at radius 3 is 2.32 bits per heavy atom. The van der Waals surface area contributed by atoms with E-state index in [2.05, 4.69) is 19.1 Å². The highest BCUT2D eigenvalue weighted by Gasteiger charge is 2.01. The van der Waals surface area contributed by atoms with E-state index >= 15 is 0 Å². The van der Waals surface area contributed by atoms with Crippen LogP contribution in [-0.4, -0.2) is 17.0 Å². The number of rotatable bonds is 16. The minimum atomic E-state index is -0.193. The van der Waals surface area contributed by atoms with E-state index in [1.807, 2.05) is 0 Å². The molecule has 0 aromatic carbocycles. The minimum absolute atomic E-state index is 0.193. The number of carbonyl (C=O) groups is 1. The predicted molar refractivity (Wildman–Crippen MR) is 95.8 cm³/mol. The molecule has 129 valence electrons. The average Bonchev–Trinajstić information content (AvgIpc) is 2.48. The Hall–Kier alpha value is -0.630. The van der Waals surface area contributed by atoms with E-state index in [0.717, 1.165) is 51.4 Å². The molecule has 0 amide bonds. The smallest absolute Gasteiger partial charge is 0.129 e. The van der Waals surface area contributed by atoms with Gasteiger partial charge in [0.1, 0.15) is 5.78 Å². The molecular weight excluding hydrogens is 272 g/mol. The number of aliphatic hydroxyl groups excluding tert-OH is 1. The Morgan fingerprint density at radius 1 is 0.955 bits per heavy atom. The number of aliphatic hydroxyl groups is 1. The van der Waals surface area contributed by atoms with E-state index < -0.39 is 0 Å². The summed E-state index contributed by atoms with van der Waals surface area (Å²) >= 11 is 0. The van der Waals surface area contributed by atoms with Crippen LogP contribution in [0.5, 0.6) is 0 Å². The Labute approximate surface area is 138 Å². The van der Waals surface area contributed by atoms with Crippen LogP contribution in [0.1, 0.15) is 96.8 Å². The van der Waals surface area contributed by atoms with Gasteiger partial charge in [0.05, 0.1) is 6.10 Å². The Kier molecular flexibility index (Phi) is 16.3. The molecule has 0 aromatic rings. The van der Waals surface area contributed by atoms with E-state index in [1.54, 1.807) is 6.92 Å². The van der Waals surface area contributed by atoms with Gasteiger partial charge in [-0.1, -0.05) is 70.4 Å². The number of carbonyl (C=O) groups excluding carboxylic acids is 1. The molecule has 1 N–H and O–H groups in total. The maximum Gasteiger partial charge on any atom is 0.129 e. The van der Waals surface area contributed by atoms with Crippen molar-refractivity contribution in [3.63, 3.8) is 0 Å². The second-order valence-corrected chi connectivity index (χ2v) is 6.43. The third-order valence-electron chi connectivity index (χ3n) is 4.01. The highest BCUT2D eigenvalue weighted by Crippen LogP contribution is 2.11. The summed E-state index contributed by atoms with van der Waals surface area (Å²) < 4.78 is 0. The SMILES string of the molecule is [CH2]CCCCCCC/C=C\C[C@H](O)CCCCCCC(C)=O. The van der Waals surface area contributed by atoms with E-state index in [9.17, 15) is 9.90 Å². The standard InChI is InChI=1S/C20H37O2/c1-3-4-5-6-7-8-9-10-14-17-20(22)18-15-12-11-13-16-19(2)21/h10,14,20,22H,1,3-9,11-13,15-18H2,2H3/b14-10-/t20-/m0/s1. The second kappa shape index (κ2) is 16.7. The molecule has 0 aliphatic rings. The molecule has 0 aliphatic heterocycles. The molecule has 0 aromatic heterocycles. The van der Waals surface area contributed by atoms with Crippen molar-refractivity contribution in [2.45, 2.75) is 103 Å². The summed E-state index contributed by atoms with van der Waals surface area (Å²) in [6.07, 6.45) is 19.5. The fourth-order valence-corrected chi connectivity index (χ4v) is 2.57. The fraction of sp³-hybridized carbons (Fsp3) is 0.800. The molecule has 0 heterocycles. The summed E-state index contributed by atoms with van der Waals surface area (Å²) in [6, 6.07) is 0. The lowest BCUT2D eigenvalue weighted by Crippen LogP contribution is -2.04. The van der Waals surface area contributed by atoms with Crippen LogP contribution in [0.3, 0.4) is 0 Å². The minimum Gasteiger partial charge on any atom is -0.393 e. The summed E-state index contributed by atoms with van der Waals surface area (Å²) in [5, 5.41) is 9.88. The Balaban J connectivity index is 3.28. The van der Waals surface area contributed by atoms with Crippen molar-refractivity contribution in [1.29, 1.82) is 0 Å². The monoisotopic (exact) mass is 309 g/mol. The van der Waals surface area contributed by atoms with Crippen molar-refractivity contribution in [3.05, 3.63) is 19.1 Å². The summed E-state index contributed by atoms with van der Waals surface area (Å²) in [5.41, 5.74) is 0. The molecule has 0 rings (SSSR count). The summed E-state index contributed by atoms with van der Waals surface area (Å²) in [7, 11) is 0. The third kappa shape index (κ3) is 17.4. The quantitative estimate of drug-likeness (QED) is 0.289. The summed E-state index contributed by atoms with van der Waals surface area (Å²) in [5.74, 6) is 0.285. The lowest BCUT2D eigenvalue weighted by molar-refractivity contribution is -0.117. The molecule has 1 radical (unpaired) electrons. The molecule has 0 fully saturated rings. The highest BCUT2D eigenvalue weighted by molar-refractivity contribution is 5.75. The molecule has 0 bridgehead atoms. The first-order valence-corrected chi connectivity index (χ1v) is 9.28. The van der Waals surface area contributed by atoms with Crippen LogP contribution in [-0.2, 0) is 4.79 Å². The predicted octanol–water partition coefficient (Wildman–Crippen LogP) is 5.79. The maximum atomic E-state index is 10.8. The van der Waals surface area contributed by atoms with Crippen LogP contribution in [0.15, 0.2) is 12.2 Å². The number of hydrogen-bond acceptors (Lipinski definition) is 2. The van der Waals surface area contributed by atoms with Crippen molar-refractivity contribution in [1.82, 2.24) is 0 Å². The molecule has 0 saturated heterocycles. The zero-order valence-corrected chi connectivity index (χ0v) is 14.7. The van der Waals surface area contributed by atoms with Crippen LogP contribution in [0.4, 0.5) is 0 Å². The van der Waals surface area contributed by atoms with Crippen LogP contribution in [0.25, 0.3) is 0 Å². The van der Waals surface area contributed by atoms with Gasteiger partial charge in [0.15, 0.2) is 0 Å². The van der Waals surface area contributed by atoms with Gasteiger partial charge in [0.25, 0.3) is 0 Å². The largest absolute Gasteiger partial charge is 0.393 e. The van der Waals surface area contributed by atoms with Gasteiger partial charge >= 0.3 is 0 Å². The van der Waals surface area contributed by atoms with Crippen molar-refractivity contribution in [2.75, 3.05) is 0 Å². The molecule has 0 unspecified atom stereocenters. The first kappa shape index (κ1) is 21.4. The van der Waals surface area contributed by atoms with E-state index in [4.69, 9.17) is 0 Å². The van der Waals surface area contributed by atoms with E-state index in [-0.39, 0.29) is 11.9 Å². The number of Topliss-reactive ketones (excluding diaryl/α,β-unsaturated/α-hetero) is 1. The van der Waals surface area contributed by atoms with Crippen LogP contribution in [0.2, 0.25) is 0 Å². The third-order valence-corrected chi connectivity index (χ3v) is 4.01. The molecule has 0 saturated carbocycles. The summed E-state index contributed by atoms with van der Waals surface area (Å²) in [6.45, 7) is 5.51. The van der Waals surface area contributed by atoms with Gasteiger partial charge in [-0.05, 0) is 39.0 Å². The molecule has 0 aliphatic carbocycles. The van der Waals surface area contributed by atoms with Crippen molar-refractivity contribution < 1.29 is 9.90 Å². The molecule has 0 spiro atoms. The van der Waals surface area contributed by atoms with Crippen LogP contribution >= 0.6 is 0 Å². The second-order valence-electron chi connectivity index (χ2n) is 6.43. The normalized spacial score (nSPS) is 12.9. The van der Waals surface area contributed by atoms with Gasteiger partial charge in [0.2, 0.25) is 0 Å². The van der Waals surface area contributed by atoms with Crippen molar-refractivity contribution in [2.24, 2.45) is 0 Å². The maximum absolute atomic E-state index is 10.8. The number of hydrogen-bond donors (Lipinski definition) is 1. The number of unbranched alkanes of at least 4 members (excludes halogenated alkanes) is 9. The first-order valence-electron chi connectivity index (χ1n) is 9.28. The van der Waals surface area contributed by atoms with E-state index in [0.29, 0.717) is 6.42 Å². The molecular formula is C20H37O2. The first-order chi connectivity index (χ1) is 10.7. The van der Waals surface area contributed by atoms with E-state index in [1.165, 1.54) is 32.1 Å². The van der Waals surface area contributed by atoms with Gasteiger partial charge in [0, 0.05) is 6.42 Å². The lowest BCUT2D eigenvalue weighted by atomic mass is 10.0. The van der Waals surface area contributed by atoms with Gasteiger partial charge in [-0.3, -0.25) is 0 Å². The zero-order chi connectivity index (χ0) is 16.5. The number of ketones is 1. The zero-order valence-electron chi connectivity index (χ0n) is 14.7. The summed E-state index contributed by atoms with van der Waals surface area (Å²) in [4.78, 5) is 10.8. The van der Waals surface area contributed by atoms with Crippen molar-refractivity contribution >= 4 is 5.78 Å². The Morgan fingerprint density at radius 2 is 1.59 bits per heavy atom. The molecule has 2 heteroatoms. The van der Waals surface area contributed by atoms with Gasteiger partial charge in [-0.15, -0.1) is 0 Å².